The SMILES string of the molecule is CC1CCCN(C(=O)CCNC(=O)CCNS(=O)(=O)c2cccc(Cl)c2)C1. The van der Waals surface area contributed by atoms with Crippen LogP contribution in [0.25, 0.3) is 0 Å². The second-order valence-electron chi connectivity index (χ2n) is 6.79. The summed E-state index contributed by atoms with van der Waals surface area (Å²) < 4.78 is 26.6. The lowest BCUT2D eigenvalue weighted by atomic mass is 10.00. The van der Waals surface area contributed by atoms with E-state index in [9.17, 15) is 18.0 Å². The molecule has 2 amide bonds. The van der Waals surface area contributed by atoms with E-state index in [4.69, 9.17) is 11.6 Å². The first-order chi connectivity index (χ1) is 12.8. The molecule has 0 bridgehead atoms. The first kappa shape index (κ1) is 21.7. The Labute approximate surface area is 165 Å². The van der Waals surface area contributed by atoms with Crippen LogP contribution in [0.5, 0.6) is 0 Å². The van der Waals surface area contributed by atoms with Crippen molar-refractivity contribution in [1.82, 2.24) is 14.9 Å². The maximum Gasteiger partial charge on any atom is 0.240 e. The van der Waals surface area contributed by atoms with Gasteiger partial charge in [0, 0.05) is 44.0 Å². The standard InChI is InChI=1S/C18H26ClN3O4S/c1-14-4-3-11-22(13-14)18(24)8-9-20-17(23)7-10-21-27(25,26)16-6-2-5-15(19)12-16/h2,5-6,12,14,21H,3-4,7-11,13H2,1H3,(H,20,23). The molecule has 2 rings (SSSR count). The molecule has 9 heteroatoms. The molecule has 1 saturated heterocycles. The highest BCUT2D eigenvalue weighted by Crippen LogP contribution is 2.16. The molecule has 7 nitrogen and oxygen atoms in total. The van der Waals surface area contributed by atoms with Crippen molar-refractivity contribution in [3.05, 3.63) is 29.3 Å². The zero-order valence-electron chi connectivity index (χ0n) is 15.4. The van der Waals surface area contributed by atoms with Crippen LogP contribution in [0.4, 0.5) is 0 Å². The maximum absolute atomic E-state index is 12.1. The third-order valence-electron chi connectivity index (χ3n) is 4.42. The van der Waals surface area contributed by atoms with Gasteiger partial charge in [-0.2, -0.15) is 0 Å². The number of hydrogen-bond acceptors (Lipinski definition) is 4. The Bertz CT molecular complexity index is 770. The Hall–Kier alpha value is -1.64. The maximum atomic E-state index is 12.1. The van der Waals surface area contributed by atoms with Crippen LogP contribution in [0.3, 0.4) is 0 Å². The second kappa shape index (κ2) is 10.1. The average Bonchev–Trinajstić information content (AvgIpc) is 2.61. The lowest BCUT2D eigenvalue weighted by Gasteiger charge is -2.31. The first-order valence-electron chi connectivity index (χ1n) is 9.07. The van der Waals surface area contributed by atoms with Crippen molar-refractivity contribution in [2.75, 3.05) is 26.2 Å². The van der Waals surface area contributed by atoms with Crippen LogP contribution in [-0.4, -0.2) is 51.3 Å². The molecule has 0 aliphatic carbocycles. The molecular formula is C18H26ClN3O4S. The summed E-state index contributed by atoms with van der Waals surface area (Å²) in [5, 5.41) is 2.98. The van der Waals surface area contributed by atoms with Gasteiger partial charge in [-0.3, -0.25) is 9.59 Å². The van der Waals surface area contributed by atoms with Gasteiger partial charge in [0.1, 0.15) is 0 Å². The molecule has 0 spiro atoms. The van der Waals surface area contributed by atoms with E-state index < -0.39 is 10.0 Å². The lowest BCUT2D eigenvalue weighted by molar-refractivity contribution is -0.132. The Morgan fingerprint density at radius 3 is 2.74 bits per heavy atom. The zero-order chi connectivity index (χ0) is 19.9. The summed E-state index contributed by atoms with van der Waals surface area (Å²) in [5.74, 6) is 0.261. The predicted molar refractivity (Wildman–Crippen MR) is 104 cm³/mol. The highest BCUT2D eigenvalue weighted by atomic mass is 35.5. The van der Waals surface area contributed by atoms with Gasteiger partial charge in [0.25, 0.3) is 0 Å². The molecule has 150 valence electrons. The summed E-state index contributed by atoms with van der Waals surface area (Å²) in [7, 11) is -3.71. The minimum atomic E-state index is -3.71. The summed E-state index contributed by atoms with van der Waals surface area (Å²) in [6.45, 7) is 3.91. The molecule has 1 aliphatic heterocycles. The summed E-state index contributed by atoms with van der Waals surface area (Å²) in [5.41, 5.74) is 0. The smallest absolute Gasteiger partial charge is 0.240 e. The summed E-state index contributed by atoms with van der Waals surface area (Å²) in [6.07, 6.45) is 2.42. The molecule has 1 aromatic carbocycles. The molecule has 1 heterocycles. The van der Waals surface area contributed by atoms with Crippen LogP contribution in [-0.2, 0) is 19.6 Å². The van der Waals surface area contributed by atoms with Gasteiger partial charge in [-0.1, -0.05) is 24.6 Å². The number of nitrogens with one attached hydrogen (secondary N) is 2. The molecule has 0 saturated carbocycles. The van der Waals surface area contributed by atoms with Crippen molar-refractivity contribution < 1.29 is 18.0 Å². The van der Waals surface area contributed by atoms with Crippen LogP contribution >= 0.6 is 11.6 Å². The van der Waals surface area contributed by atoms with E-state index >= 15 is 0 Å². The first-order valence-corrected chi connectivity index (χ1v) is 10.9. The van der Waals surface area contributed by atoms with Gasteiger partial charge in [0.2, 0.25) is 21.8 Å². The van der Waals surface area contributed by atoms with Crippen molar-refractivity contribution >= 4 is 33.4 Å². The average molecular weight is 416 g/mol. The van der Waals surface area contributed by atoms with E-state index in [1.165, 1.54) is 12.1 Å². The zero-order valence-corrected chi connectivity index (χ0v) is 17.0. The van der Waals surface area contributed by atoms with Gasteiger partial charge in [-0.05, 0) is 37.0 Å². The Kier molecular flexibility index (Phi) is 8.07. The molecule has 2 N–H and O–H groups in total. The summed E-state index contributed by atoms with van der Waals surface area (Å²) >= 11 is 5.79. The molecule has 1 fully saturated rings. The fraction of sp³-hybridized carbons (Fsp3) is 0.556. The fourth-order valence-electron chi connectivity index (χ4n) is 2.99. The highest BCUT2D eigenvalue weighted by molar-refractivity contribution is 7.89. The minimum absolute atomic E-state index is 0.00522. The van der Waals surface area contributed by atoms with Gasteiger partial charge in [-0.25, -0.2) is 13.1 Å². The van der Waals surface area contributed by atoms with E-state index in [1.807, 2.05) is 4.90 Å². The van der Waals surface area contributed by atoms with Gasteiger partial charge in [0.15, 0.2) is 0 Å². The topological polar surface area (TPSA) is 95.6 Å². The van der Waals surface area contributed by atoms with Crippen LogP contribution < -0.4 is 10.0 Å². The van der Waals surface area contributed by atoms with E-state index in [0.29, 0.717) is 10.9 Å². The Morgan fingerprint density at radius 1 is 1.26 bits per heavy atom. The number of halogens is 1. The van der Waals surface area contributed by atoms with E-state index in [1.54, 1.807) is 12.1 Å². The Balaban J connectivity index is 1.67. The number of rotatable bonds is 8. The highest BCUT2D eigenvalue weighted by Gasteiger charge is 2.20. The van der Waals surface area contributed by atoms with E-state index in [-0.39, 0.29) is 42.6 Å². The van der Waals surface area contributed by atoms with Gasteiger partial charge < -0.3 is 10.2 Å². The van der Waals surface area contributed by atoms with Gasteiger partial charge in [0.05, 0.1) is 4.90 Å². The number of sulfonamides is 1. The summed E-state index contributed by atoms with van der Waals surface area (Å²) in [4.78, 5) is 25.9. The second-order valence-corrected chi connectivity index (χ2v) is 9.00. The molecule has 0 radical (unpaired) electrons. The number of hydrogen-bond donors (Lipinski definition) is 2. The molecule has 1 aliphatic rings. The van der Waals surface area contributed by atoms with Crippen molar-refractivity contribution in [1.29, 1.82) is 0 Å². The Morgan fingerprint density at radius 2 is 2.04 bits per heavy atom. The molecule has 27 heavy (non-hydrogen) atoms. The number of amides is 2. The monoisotopic (exact) mass is 415 g/mol. The molecule has 1 atom stereocenters. The number of benzene rings is 1. The van der Waals surface area contributed by atoms with Crippen LogP contribution in [0.15, 0.2) is 29.2 Å². The third kappa shape index (κ3) is 7.12. The van der Waals surface area contributed by atoms with Crippen molar-refractivity contribution in [2.45, 2.75) is 37.5 Å². The number of piperidine rings is 1. The number of nitrogens with zero attached hydrogens (tertiary/aromatic N) is 1. The summed E-state index contributed by atoms with van der Waals surface area (Å²) in [6, 6.07) is 5.90. The van der Waals surface area contributed by atoms with Gasteiger partial charge >= 0.3 is 0 Å². The quantitative estimate of drug-likeness (QED) is 0.676. The largest absolute Gasteiger partial charge is 0.356 e. The predicted octanol–water partition coefficient (Wildman–Crippen LogP) is 1.77. The van der Waals surface area contributed by atoms with E-state index in [0.717, 1.165) is 25.9 Å². The van der Waals surface area contributed by atoms with Crippen molar-refractivity contribution in [3.63, 3.8) is 0 Å². The molecular weight excluding hydrogens is 390 g/mol. The molecule has 0 aromatic heterocycles. The third-order valence-corrected chi connectivity index (χ3v) is 6.12. The number of carbonyl (C=O) groups excluding carboxylic acids is 2. The number of likely N-dealkylation sites (tertiary alicyclic amines) is 1. The van der Waals surface area contributed by atoms with E-state index in [2.05, 4.69) is 17.0 Å². The normalized spacial score (nSPS) is 17.6. The molecule has 1 aromatic rings. The van der Waals surface area contributed by atoms with Crippen molar-refractivity contribution in [3.8, 4) is 0 Å². The fourth-order valence-corrected chi connectivity index (χ4v) is 4.32. The minimum Gasteiger partial charge on any atom is -0.356 e. The molecule has 1 unspecified atom stereocenters. The van der Waals surface area contributed by atoms with Crippen molar-refractivity contribution in [2.24, 2.45) is 5.92 Å². The van der Waals surface area contributed by atoms with Gasteiger partial charge in [-0.15, -0.1) is 0 Å². The van der Waals surface area contributed by atoms with Crippen LogP contribution in [0.2, 0.25) is 5.02 Å². The van der Waals surface area contributed by atoms with Crippen LogP contribution in [0, 0.1) is 5.92 Å². The lowest BCUT2D eigenvalue weighted by Crippen LogP contribution is -2.40. The number of carbonyl (C=O) groups is 2. The van der Waals surface area contributed by atoms with Crippen LogP contribution in [0.1, 0.15) is 32.6 Å².